The number of aromatic nitrogens is 2. The first kappa shape index (κ1) is 21.7. The lowest BCUT2D eigenvalue weighted by atomic mass is 10.1. The van der Waals surface area contributed by atoms with E-state index in [4.69, 9.17) is 4.98 Å². The summed E-state index contributed by atoms with van der Waals surface area (Å²) in [7, 11) is 0. The van der Waals surface area contributed by atoms with Gasteiger partial charge >= 0.3 is 0 Å². The zero-order chi connectivity index (χ0) is 22.5. The normalized spacial score (nSPS) is 14.8. The number of piperazine rings is 1. The Kier molecular flexibility index (Phi) is 6.73. The molecule has 1 saturated heterocycles. The van der Waals surface area contributed by atoms with Gasteiger partial charge in [-0.3, -0.25) is 4.90 Å². The molecule has 0 N–H and O–H groups in total. The molecule has 5 rings (SSSR count). The highest BCUT2D eigenvalue weighted by atomic mass is 15.3. The Morgan fingerprint density at radius 1 is 0.758 bits per heavy atom. The Balaban J connectivity index is 1.14. The molecule has 33 heavy (non-hydrogen) atoms. The molecule has 0 spiro atoms. The molecule has 0 unspecified atom stereocenters. The fourth-order valence-corrected chi connectivity index (χ4v) is 4.86. The maximum Gasteiger partial charge on any atom is 0.110 e. The van der Waals surface area contributed by atoms with Crippen molar-refractivity contribution in [1.82, 2.24) is 14.5 Å². The van der Waals surface area contributed by atoms with Crippen LogP contribution in [0.2, 0.25) is 0 Å². The number of unbranched alkanes of at least 4 members (excludes halogenated alkanes) is 1. The molecule has 0 amide bonds. The molecule has 1 fully saturated rings. The Morgan fingerprint density at radius 3 is 2.27 bits per heavy atom. The van der Waals surface area contributed by atoms with Crippen LogP contribution in [0.3, 0.4) is 0 Å². The third-order valence-electron chi connectivity index (χ3n) is 6.81. The van der Waals surface area contributed by atoms with E-state index in [0.717, 1.165) is 44.7 Å². The zero-order valence-corrected chi connectivity index (χ0v) is 19.7. The van der Waals surface area contributed by atoms with E-state index in [-0.39, 0.29) is 0 Å². The first-order chi connectivity index (χ1) is 16.3. The molecule has 0 atom stereocenters. The zero-order valence-electron chi connectivity index (χ0n) is 19.7. The Morgan fingerprint density at radius 2 is 1.48 bits per heavy atom. The van der Waals surface area contributed by atoms with Gasteiger partial charge in [-0.25, -0.2) is 4.98 Å². The molecule has 4 aromatic rings. The van der Waals surface area contributed by atoms with Crippen LogP contribution in [0.5, 0.6) is 0 Å². The van der Waals surface area contributed by atoms with Crippen LogP contribution in [0.15, 0.2) is 78.9 Å². The van der Waals surface area contributed by atoms with Crippen molar-refractivity contribution >= 4 is 16.7 Å². The van der Waals surface area contributed by atoms with E-state index in [1.165, 1.54) is 47.5 Å². The number of hydrogen-bond acceptors (Lipinski definition) is 3. The maximum atomic E-state index is 4.99. The van der Waals surface area contributed by atoms with Gasteiger partial charge < -0.3 is 9.47 Å². The van der Waals surface area contributed by atoms with E-state index in [2.05, 4.69) is 100 Å². The molecule has 4 heteroatoms. The summed E-state index contributed by atoms with van der Waals surface area (Å²) >= 11 is 0. The lowest BCUT2D eigenvalue weighted by Crippen LogP contribution is -2.46. The number of hydrogen-bond donors (Lipinski definition) is 0. The van der Waals surface area contributed by atoms with Gasteiger partial charge in [-0.1, -0.05) is 60.2 Å². The number of para-hydroxylation sites is 2. The molecule has 2 heterocycles. The first-order valence-corrected chi connectivity index (χ1v) is 12.3. The summed E-state index contributed by atoms with van der Waals surface area (Å²) in [4.78, 5) is 10.1. The number of anilines is 1. The molecule has 0 saturated carbocycles. The summed E-state index contributed by atoms with van der Waals surface area (Å²) in [5.41, 5.74) is 6.36. The summed E-state index contributed by atoms with van der Waals surface area (Å²) in [5.74, 6) is 1.21. The van der Waals surface area contributed by atoms with Gasteiger partial charge in [0.15, 0.2) is 0 Å². The van der Waals surface area contributed by atoms with Gasteiger partial charge in [-0.15, -0.1) is 0 Å². The molecule has 0 radical (unpaired) electrons. The largest absolute Gasteiger partial charge is 0.369 e. The van der Waals surface area contributed by atoms with E-state index in [1.54, 1.807) is 0 Å². The summed E-state index contributed by atoms with van der Waals surface area (Å²) < 4.78 is 2.41. The van der Waals surface area contributed by atoms with Crippen LogP contribution >= 0.6 is 0 Å². The number of rotatable bonds is 8. The fourth-order valence-electron chi connectivity index (χ4n) is 4.86. The van der Waals surface area contributed by atoms with E-state index in [1.807, 2.05) is 0 Å². The average molecular weight is 439 g/mol. The number of imidazole rings is 1. The van der Waals surface area contributed by atoms with Gasteiger partial charge in [-0.05, 0) is 56.1 Å². The van der Waals surface area contributed by atoms with Gasteiger partial charge in [0.25, 0.3) is 0 Å². The molecular weight excluding hydrogens is 404 g/mol. The predicted octanol–water partition coefficient (Wildman–Crippen LogP) is 5.54. The minimum atomic E-state index is 0.887. The Labute approximate surface area is 197 Å². The van der Waals surface area contributed by atoms with Crippen molar-refractivity contribution in [2.45, 2.75) is 32.7 Å². The van der Waals surface area contributed by atoms with E-state index in [9.17, 15) is 0 Å². The summed E-state index contributed by atoms with van der Waals surface area (Å²) in [6.45, 7) is 8.77. The van der Waals surface area contributed by atoms with Crippen molar-refractivity contribution in [2.24, 2.45) is 0 Å². The SMILES string of the molecule is Cc1ccc(N2CCN(CCCCc3nc4ccccc4n3Cc3ccccc3)CC2)cc1. The predicted molar refractivity (Wildman–Crippen MR) is 138 cm³/mol. The van der Waals surface area contributed by atoms with E-state index < -0.39 is 0 Å². The molecular formula is C29H34N4. The van der Waals surface area contributed by atoms with Crippen molar-refractivity contribution < 1.29 is 0 Å². The number of fused-ring (bicyclic) bond motifs is 1. The highest BCUT2D eigenvalue weighted by Gasteiger charge is 2.17. The highest BCUT2D eigenvalue weighted by Crippen LogP contribution is 2.20. The van der Waals surface area contributed by atoms with Crippen LogP contribution in [0.4, 0.5) is 5.69 Å². The molecule has 0 aliphatic carbocycles. The van der Waals surface area contributed by atoms with Crippen molar-refractivity contribution in [3.63, 3.8) is 0 Å². The van der Waals surface area contributed by atoms with Gasteiger partial charge in [0, 0.05) is 44.8 Å². The minimum absolute atomic E-state index is 0.887. The number of nitrogens with zero attached hydrogens (tertiary/aromatic N) is 4. The molecule has 0 bridgehead atoms. The van der Waals surface area contributed by atoms with Crippen molar-refractivity contribution in [2.75, 3.05) is 37.6 Å². The van der Waals surface area contributed by atoms with Crippen LogP contribution in [0, 0.1) is 6.92 Å². The minimum Gasteiger partial charge on any atom is -0.369 e. The standard InChI is InChI=1S/C29H34N4/c1-24-14-16-26(17-15-24)32-21-19-31(20-22-32)18-8-7-13-29-30-27-11-5-6-12-28(27)33(29)23-25-9-3-2-4-10-25/h2-6,9-12,14-17H,7-8,13,18-23H2,1H3. The molecule has 3 aromatic carbocycles. The van der Waals surface area contributed by atoms with Crippen molar-refractivity contribution in [3.8, 4) is 0 Å². The van der Waals surface area contributed by atoms with Crippen molar-refractivity contribution in [3.05, 3.63) is 95.8 Å². The van der Waals surface area contributed by atoms with Gasteiger partial charge in [-0.2, -0.15) is 0 Å². The van der Waals surface area contributed by atoms with E-state index in [0.29, 0.717) is 0 Å². The van der Waals surface area contributed by atoms with Crippen LogP contribution in [-0.4, -0.2) is 47.2 Å². The monoisotopic (exact) mass is 438 g/mol. The second-order valence-corrected chi connectivity index (χ2v) is 9.21. The summed E-state index contributed by atoms with van der Waals surface area (Å²) in [6.07, 6.45) is 3.43. The molecule has 1 aromatic heterocycles. The molecule has 1 aliphatic rings. The lowest BCUT2D eigenvalue weighted by molar-refractivity contribution is 0.253. The molecule has 170 valence electrons. The highest BCUT2D eigenvalue weighted by molar-refractivity contribution is 5.76. The Bertz CT molecular complexity index is 1160. The first-order valence-electron chi connectivity index (χ1n) is 12.3. The smallest absolute Gasteiger partial charge is 0.110 e. The maximum absolute atomic E-state index is 4.99. The third kappa shape index (κ3) is 5.28. The van der Waals surface area contributed by atoms with Crippen molar-refractivity contribution in [1.29, 1.82) is 0 Å². The lowest BCUT2D eigenvalue weighted by Gasteiger charge is -2.36. The average Bonchev–Trinajstić information content (AvgIpc) is 3.20. The van der Waals surface area contributed by atoms with Crippen LogP contribution < -0.4 is 4.90 Å². The van der Waals surface area contributed by atoms with Gasteiger partial charge in [0.05, 0.1) is 11.0 Å². The summed E-state index contributed by atoms with van der Waals surface area (Å²) in [6, 6.07) is 28.2. The van der Waals surface area contributed by atoms with Gasteiger partial charge in [0.1, 0.15) is 5.82 Å². The Hall–Kier alpha value is -3.11. The number of aryl methyl sites for hydroxylation is 2. The summed E-state index contributed by atoms with van der Waals surface area (Å²) in [5, 5.41) is 0. The topological polar surface area (TPSA) is 24.3 Å². The third-order valence-corrected chi connectivity index (χ3v) is 6.81. The second-order valence-electron chi connectivity index (χ2n) is 9.21. The second kappa shape index (κ2) is 10.2. The van der Waals surface area contributed by atoms with Crippen LogP contribution in [-0.2, 0) is 13.0 Å². The van der Waals surface area contributed by atoms with Crippen LogP contribution in [0.25, 0.3) is 11.0 Å². The van der Waals surface area contributed by atoms with Gasteiger partial charge in [0.2, 0.25) is 0 Å². The van der Waals surface area contributed by atoms with E-state index >= 15 is 0 Å². The molecule has 1 aliphatic heterocycles. The molecule has 4 nitrogen and oxygen atoms in total. The number of benzene rings is 3. The quantitative estimate of drug-likeness (QED) is 0.338. The fraction of sp³-hybridized carbons (Fsp3) is 0.345. The van der Waals surface area contributed by atoms with Crippen LogP contribution in [0.1, 0.15) is 29.8 Å².